The standard InChI is InChI=1S/C18H12ClN3O7S2/c19-11-5-8(22(27)28)1-3-10(11)13-4-2-9(29-13)6-14-16(24)21(18(30)31-14)12(17(25)26)7-15(20)23/h1-6,12H,7H2,(H2,20,23)(H,25,26)/b14-6+. The van der Waals surface area contributed by atoms with Crippen LogP contribution in [0.15, 0.2) is 39.7 Å². The van der Waals surface area contributed by atoms with E-state index in [-0.39, 0.29) is 25.7 Å². The number of nitro groups is 1. The first kappa shape index (κ1) is 22.5. The van der Waals surface area contributed by atoms with Crippen molar-refractivity contribution in [1.82, 2.24) is 4.90 Å². The first-order valence-corrected chi connectivity index (χ1v) is 10.0. The van der Waals surface area contributed by atoms with E-state index >= 15 is 0 Å². The SMILES string of the molecule is NC(=O)CC(C(=O)O)N1C(=O)/C(=C\c2ccc(-c3ccc([N+](=O)[O-])cc3Cl)o2)SC1=S. The maximum absolute atomic E-state index is 12.7. The number of furan rings is 1. The molecule has 1 unspecified atom stereocenters. The second-order valence-electron chi connectivity index (χ2n) is 6.20. The summed E-state index contributed by atoms with van der Waals surface area (Å²) in [7, 11) is 0. The van der Waals surface area contributed by atoms with E-state index in [9.17, 15) is 29.6 Å². The summed E-state index contributed by atoms with van der Waals surface area (Å²) in [4.78, 5) is 46.5. The van der Waals surface area contributed by atoms with E-state index < -0.39 is 35.2 Å². The van der Waals surface area contributed by atoms with Crippen LogP contribution in [-0.4, -0.2) is 43.1 Å². The number of thiocarbonyl (C=S) groups is 1. The lowest BCUT2D eigenvalue weighted by Gasteiger charge is -2.21. The molecular weight excluding hydrogens is 470 g/mol. The highest BCUT2D eigenvalue weighted by Crippen LogP contribution is 2.36. The van der Waals surface area contributed by atoms with Crippen LogP contribution in [-0.2, 0) is 14.4 Å². The summed E-state index contributed by atoms with van der Waals surface area (Å²) in [5, 5.41) is 20.3. The summed E-state index contributed by atoms with van der Waals surface area (Å²) in [6, 6.07) is 5.49. The molecule has 0 aliphatic carbocycles. The summed E-state index contributed by atoms with van der Waals surface area (Å²) in [6.45, 7) is 0. The van der Waals surface area contributed by atoms with Gasteiger partial charge in [-0.1, -0.05) is 35.6 Å². The van der Waals surface area contributed by atoms with Crippen LogP contribution in [0.5, 0.6) is 0 Å². The highest BCUT2D eigenvalue weighted by atomic mass is 35.5. The monoisotopic (exact) mass is 481 g/mol. The Morgan fingerprint density at radius 3 is 2.68 bits per heavy atom. The van der Waals surface area contributed by atoms with Crippen molar-refractivity contribution in [3.05, 3.63) is 56.1 Å². The number of halogens is 1. The van der Waals surface area contributed by atoms with Crippen molar-refractivity contribution in [2.75, 3.05) is 0 Å². The molecule has 1 aromatic carbocycles. The van der Waals surface area contributed by atoms with Crippen LogP contribution < -0.4 is 5.73 Å². The minimum atomic E-state index is -1.51. The molecule has 2 amide bonds. The Kier molecular flexibility index (Phi) is 6.43. The van der Waals surface area contributed by atoms with Crippen LogP contribution in [0.3, 0.4) is 0 Å². The second kappa shape index (κ2) is 8.88. The average Bonchev–Trinajstić information content (AvgIpc) is 3.24. The number of nitro benzene ring substituents is 1. The van der Waals surface area contributed by atoms with Gasteiger partial charge < -0.3 is 15.3 Å². The number of hydrogen-bond donors (Lipinski definition) is 2. The van der Waals surface area contributed by atoms with Crippen LogP contribution in [0.25, 0.3) is 17.4 Å². The number of amides is 2. The number of hydrogen-bond acceptors (Lipinski definition) is 8. The highest BCUT2D eigenvalue weighted by molar-refractivity contribution is 8.26. The summed E-state index contributed by atoms with van der Waals surface area (Å²) < 4.78 is 5.62. The molecule has 3 rings (SSSR count). The topological polar surface area (TPSA) is 157 Å². The molecule has 160 valence electrons. The molecule has 2 heterocycles. The van der Waals surface area contributed by atoms with Gasteiger partial charge in [0.25, 0.3) is 11.6 Å². The van der Waals surface area contributed by atoms with E-state index in [1.54, 1.807) is 6.07 Å². The molecule has 1 aliphatic heterocycles. The Hall–Kier alpha value is -3.22. The van der Waals surface area contributed by atoms with Gasteiger partial charge in [-0.25, -0.2) is 4.79 Å². The lowest BCUT2D eigenvalue weighted by atomic mass is 10.1. The molecule has 1 fully saturated rings. The first-order chi connectivity index (χ1) is 14.6. The van der Waals surface area contributed by atoms with Gasteiger partial charge in [0.1, 0.15) is 21.9 Å². The van der Waals surface area contributed by atoms with Crippen molar-refractivity contribution >= 4 is 69.4 Å². The van der Waals surface area contributed by atoms with Crippen molar-refractivity contribution in [2.24, 2.45) is 5.73 Å². The number of nitrogens with two attached hydrogens (primary N) is 1. The van der Waals surface area contributed by atoms with E-state index in [0.717, 1.165) is 16.7 Å². The number of thioether (sulfide) groups is 1. The molecule has 13 heteroatoms. The number of primary amides is 1. The molecule has 3 N–H and O–H groups in total. The van der Waals surface area contributed by atoms with E-state index in [4.69, 9.17) is 34.0 Å². The van der Waals surface area contributed by atoms with Gasteiger partial charge >= 0.3 is 5.97 Å². The molecule has 2 aromatic rings. The van der Waals surface area contributed by atoms with E-state index in [2.05, 4.69) is 0 Å². The van der Waals surface area contributed by atoms with Gasteiger partial charge in [0.15, 0.2) is 0 Å². The largest absolute Gasteiger partial charge is 0.480 e. The number of carbonyl (C=O) groups excluding carboxylic acids is 2. The fraction of sp³-hybridized carbons (Fsp3) is 0.111. The summed E-state index contributed by atoms with van der Waals surface area (Å²) in [5.74, 6) is -2.45. The van der Waals surface area contributed by atoms with Crippen LogP contribution in [0, 0.1) is 10.1 Å². The summed E-state index contributed by atoms with van der Waals surface area (Å²) in [6.07, 6.45) is 0.782. The molecular formula is C18H12ClN3O7S2. The van der Waals surface area contributed by atoms with Gasteiger partial charge in [0.05, 0.1) is 21.3 Å². The van der Waals surface area contributed by atoms with Gasteiger partial charge in [0.2, 0.25) is 5.91 Å². The lowest BCUT2D eigenvalue weighted by molar-refractivity contribution is -0.384. The average molecular weight is 482 g/mol. The van der Waals surface area contributed by atoms with E-state index in [1.165, 1.54) is 30.3 Å². The number of carbonyl (C=O) groups is 3. The molecule has 31 heavy (non-hydrogen) atoms. The Balaban J connectivity index is 1.87. The normalized spacial score (nSPS) is 16.0. The smallest absolute Gasteiger partial charge is 0.327 e. The summed E-state index contributed by atoms with van der Waals surface area (Å²) in [5.41, 5.74) is 5.31. The lowest BCUT2D eigenvalue weighted by Crippen LogP contribution is -2.46. The van der Waals surface area contributed by atoms with Crippen LogP contribution in [0.2, 0.25) is 5.02 Å². The molecule has 0 bridgehead atoms. The van der Waals surface area contributed by atoms with Crippen molar-refractivity contribution in [3.63, 3.8) is 0 Å². The van der Waals surface area contributed by atoms with Crippen molar-refractivity contribution in [2.45, 2.75) is 12.5 Å². The molecule has 0 saturated carbocycles. The molecule has 0 spiro atoms. The van der Waals surface area contributed by atoms with Gasteiger partial charge in [-0.2, -0.15) is 0 Å². The molecule has 0 radical (unpaired) electrons. The Morgan fingerprint density at radius 2 is 2.10 bits per heavy atom. The number of benzene rings is 1. The minimum absolute atomic E-state index is 0.0323. The predicted molar refractivity (Wildman–Crippen MR) is 116 cm³/mol. The van der Waals surface area contributed by atoms with Crippen LogP contribution in [0.1, 0.15) is 12.2 Å². The fourth-order valence-corrected chi connectivity index (χ4v) is 4.35. The number of carboxylic acids is 1. The zero-order valence-corrected chi connectivity index (χ0v) is 17.7. The number of aliphatic carboxylic acids is 1. The van der Waals surface area contributed by atoms with Crippen LogP contribution in [0.4, 0.5) is 5.69 Å². The van der Waals surface area contributed by atoms with E-state index in [1.807, 2.05) is 0 Å². The zero-order valence-electron chi connectivity index (χ0n) is 15.3. The number of carboxylic acid groups (broad SMARTS) is 1. The fourth-order valence-electron chi connectivity index (χ4n) is 2.75. The first-order valence-electron chi connectivity index (χ1n) is 8.40. The minimum Gasteiger partial charge on any atom is -0.480 e. The second-order valence-corrected chi connectivity index (χ2v) is 8.28. The highest BCUT2D eigenvalue weighted by Gasteiger charge is 2.41. The maximum atomic E-state index is 12.7. The van der Waals surface area contributed by atoms with Crippen molar-refractivity contribution < 1.29 is 28.8 Å². The zero-order chi connectivity index (χ0) is 22.9. The molecule has 1 saturated heterocycles. The molecule has 1 aromatic heterocycles. The van der Waals surface area contributed by atoms with Gasteiger partial charge in [0, 0.05) is 23.8 Å². The number of nitrogens with zero attached hydrogens (tertiary/aromatic N) is 2. The van der Waals surface area contributed by atoms with Gasteiger partial charge in [-0.15, -0.1) is 0 Å². The molecule has 1 aliphatic rings. The Labute approximate surface area is 188 Å². The van der Waals surface area contributed by atoms with Crippen LogP contribution >= 0.6 is 35.6 Å². The third-order valence-electron chi connectivity index (χ3n) is 4.14. The third-order valence-corrected chi connectivity index (χ3v) is 5.79. The van der Waals surface area contributed by atoms with Gasteiger partial charge in [-0.05, 0) is 18.2 Å². The third kappa shape index (κ3) is 4.76. The predicted octanol–water partition coefficient (Wildman–Crippen LogP) is 3.04. The van der Waals surface area contributed by atoms with E-state index in [0.29, 0.717) is 11.3 Å². The quantitative estimate of drug-likeness (QED) is 0.262. The Morgan fingerprint density at radius 1 is 1.39 bits per heavy atom. The summed E-state index contributed by atoms with van der Waals surface area (Å²) >= 11 is 12.1. The van der Waals surface area contributed by atoms with Crippen molar-refractivity contribution in [1.29, 1.82) is 0 Å². The molecule has 1 atom stereocenters. The Bertz CT molecular complexity index is 1160. The maximum Gasteiger partial charge on any atom is 0.327 e. The van der Waals surface area contributed by atoms with Crippen molar-refractivity contribution in [3.8, 4) is 11.3 Å². The number of rotatable bonds is 7. The number of non-ortho nitro benzene ring substituents is 1. The van der Waals surface area contributed by atoms with Gasteiger partial charge in [-0.3, -0.25) is 24.6 Å². The molecule has 10 nitrogen and oxygen atoms in total.